The largest absolute Gasteiger partial charge is 0.417 e. The van der Waals surface area contributed by atoms with Crippen molar-refractivity contribution in [3.05, 3.63) is 41.2 Å². The minimum atomic E-state index is -4.49. The van der Waals surface area contributed by atoms with E-state index in [0.29, 0.717) is 12.2 Å². The van der Waals surface area contributed by atoms with Gasteiger partial charge in [0.25, 0.3) is 0 Å². The number of pyridine rings is 1. The van der Waals surface area contributed by atoms with Crippen LogP contribution in [0.1, 0.15) is 48.2 Å². The molecule has 0 radical (unpaired) electrons. The first kappa shape index (κ1) is 17.7. The molecule has 0 bridgehead atoms. The Bertz CT molecular complexity index is 718. The van der Waals surface area contributed by atoms with E-state index in [1.165, 1.54) is 6.07 Å². The molecule has 0 atom stereocenters. The summed E-state index contributed by atoms with van der Waals surface area (Å²) in [7, 11) is 0. The third kappa shape index (κ3) is 4.30. The van der Waals surface area contributed by atoms with Gasteiger partial charge in [0.05, 0.1) is 17.0 Å². The number of aryl methyl sites for hydroxylation is 1. The zero-order valence-electron chi connectivity index (χ0n) is 14.0. The molecular weight excluding hydrogens is 329 g/mol. The van der Waals surface area contributed by atoms with E-state index >= 15 is 0 Å². The van der Waals surface area contributed by atoms with Crippen LogP contribution in [0.4, 0.5) is 13.2 Å². The zero-order chi connectivity index (χ0) is 18.0. The van der Waals surface area contributed by atoms with Crippen LogP contribution in [0, 0.1) is 5.92 Å². The molecule has 1 heterocycles. The van der Waals surface area contributed by atoms with E-state index in [0.717, 1.165) is 49.7 Å². The fourth-order valence-corrected chi connectivity index (χ4v) is 3.03. The number of hydrogen-bond acceptors (Lipinski definition) is 2. The molecule has 1 aromatic heterocycles. The summed E-state index contributed by atoms with van der Waals surface area (Å²) in [6, 6.07) is 1.52. The smallest absolute Gasteiger partial charge is 0.352 e. The molecule has 1 amide bonds. The van der Waals surface area contributed by atoms with Crippen LogP contribution in [-0.4, -0.2) is 23.6 Å². The Balaban J connectivity index is 1.80. The van der Waals surface area contributed by atoms with Crippen molar-refractivity contribution in [2.75, 3.05) is 6.54 Å². The second-order valence-corrected chi connectivity index (χ2v) is 6.64. The lowest BCUT2D eigenvalue weighted by atomic mass is 9.89. The second-order valence-electron chi connectivity index (χ2n) is 6.64. The lowest BCUT2D eigenvalue weighted by Crippen LogP contribution is -2.24. The highest BCUT2D eigenvalue weighted by atomic mass is 19.4. The Kier molecular flexibility index (Phi) is 4.97. The third-order valence-electron chi connectivity index (χ3n) is 4.64. The molecular formula is C19H21F3N2O. The first-order valence-corrected chi connectivity index (χ1v) is 8.60. The molecule has 134 valence electrons. The van der Waals surface area contributed by atoms with E-state index in [9.17, 15) is 18.0 Å². The van der Waals surface area contributed by atoms with E-state index in [2.05, 4.69) is 16.9 Å². The number of rotatable bonds is 5. The van der Waals surface area contributed by atoms with E-state index in [-0.39, 0.29) is 17.5 Å². The van der Waals surface area contributed by atoms with Crippen molar-refractivity contribution in [2.24, 2.45) is 5.92 Å². The maximum Gasteiger partial charge on any atom is 0.417 e. The zero-order valence-corrected chi connectivity index (χ0v) is 14.0. The molecule has 0 unspecified atom stereocenters. The van der Waals surface area contributed by atoms with Crippen LogP contribution in [-0.2, 0) is 17.6 Å². The van der Waals surface area contributed by atoms with Gasteiger partial charge >= 0.3 is 6.18 Å². The number of alkyl halides is 3. The molecule has 0 spiro atoms. The van der Waals surface area contributed by atoms with Crippen molar-refractivity contribution >= 4 is 17.6 Å². The highest BCUT2D eigenvalue weighted by Crippen LogP contribution is 2.34. The highest BCUT2D eigenvalue weighted by molar-refractivity contribution is 5.81. The fraction of sp³-hybridized carbons (Fsp3) is 0.474. The maximum absolute atomic E-state index is 13.0. The minimum Gasteiger partial charge on any atom is -0.352 e. The normalized spacial score (nSPS) is 17.4. The molecule has 1 aromatic rings. The monoisotopic (exact) mass is 350 g/mol. The fourth-order valence-electron chi connectivity index (χ4n) is 3.03. The van der Waals surface area contributed by atoms with E-state index in [1.54, 1.807) is 12.2 Å². The van der Waals surface area contributed by atoms with Gasteiger partial charge in [0, 0.05) is 12.5 Å². The average molecular weight is 350 g/mol. The van der Waals surface area contributed by atoms with Gasteiger partial charge in [0.15, 0.2) is 0 Å². The summed E-state index contributed by atoms with van der Waals surface area (Å²) in [5, 5.41) is 2.81. The minimum absolute atomic E-state index is 0.0406. The number of carbonyl (C=O) groups excluding carboxylic acids is 1. The van der Waals surface area contributed by atoms with Gasteiger partial charge in [-0.2, -0.15) is 13.2 Å². The summed E-state index contributed by atoms with van der Waals surface area (Å²) in [5.41, 5.74) is 1.45. The molecule has 0 saturated heterocycles. The van der Waals surface area contributed by atoms with Crippen molar-refractivity contribution in [3.63, 3.8) is 0 Å². The summed E-state index contributed by atoms with van der Waals surface area (Å²) >= 11 is 0. The molecule has 0 aromatic carbocycles. The first-order valence-electron chi connectivity index (χ1n) is 8.60. The van der Waals surface area contributed by atoms with E-state index in [4.69, 9.17) is 0 Å². The SMILES string of the molecule is C=C(c1cc2c(c(/C=C/CNC(=O)C3CC3)n1)CCCC2)C(F)(F)F. The number of aromatic nitrogens is 1. The van der Waals surface area contributed by atoms with Gasteiger partial charge in [-0.05, 0) is 61.8 Å². The molecule has 2 aliphatic carbocycles. The highest BCUT2D eigenvalue weighted by Gasteiger charge is 2.34. The number of amides is 1. The van der Waals surface area contributed by atoms with Crippen LogP contribution in [0.25, 0.3) is 11.6 Å². The third-order valence-corrected chi connectivity index (χ3v) is 4.64. The molecule has 2 aliphatic rings. The number of carbonyl (C=O) groups is 1. The number of fused-ring (bicyclic) bond motifs is 1. The molecule has 6 heteroatoms. The van der Waals surface area contributed by atoms with Gasteiger partial charge in [0.2, 0.25) is 5.91 Å². The average Bonchev–Trinajstić information content (AvgIpc) is 3.41. The van der Waals surface area contributed by atoms with Crippen LogP contribution in [0.3, 0.4) is 0 Å². The Morgan fingerprint density at radius 1 is 1.32 bits per heavy atom. The first-order chi connectivity index (χ1) is 11.9. The predicted octanol–water partition coefficient (Wildman–Crippen LogP) is 4.08. The lowest BCUT2D eigenvalue weighted by Gasteiger charge is -2.20. The van der Waals surface area contributed by atoms with Crippen LogP contribution < -0.4 is 5.32 Å². The van der Waals surface area contributed by atoms with E-state index in [1.807, 2.05) is 0 Å². The molecule has 1 fully saturated rings. The van der Waals surface area contributed by atoms with Crippen LogP contribution >= 0.6 is 0 Å². The molecule has 3 rings (SSSR count). The van der Waals surface area contributed by atoms with Gasteiger partial charge < -0.3 is 5.32 Å². The van der Waals surface area contributed by atoms with Gasteiger partial charge in [-0.3, -0.25) is 4.79 Å². The molecule has 1 N–H and O–H groups in total. The predicted molar refractivity (Wildman–Crippen MR) is 90.7 cm³/mol. The Morgan fingerprint density at radius 3 is 2.72 bits per heavy atom. The summed E-state index contributed by atoms with van der Waals surface area (Å²) in [6.45, 7) is 3.52. The van der Waals surface area contributed by atoms with Gasteiger partial charge in [-0.25, -0.2) is 4.98 Å². The summed E-state index contributed by atoms with van der Waals surface area (Å²) in [4.78, 5) is 15.8. The van der Waals surface area contributed by atoms with Crippen LogP contribution in [0.15, 0.2) is 18.7 Å². The van der Waals surface area contributed by atoms with E-state index < -0.39 is 11.7 Å². The quantitative estimate of drug-likeness (QED) is 0.870. The second kappa shape index (κ2) is 7.02. The summed E-state index contributed by atoms with van der Waals surface area (Å²) in [6.07, 6.45) is 4.39. The molecule has 1 saturated carbocycles. The number of halogens is 3. The molecule has 25 heavy (non-hydrogen) atoms. The molecule has 0 aliphatic heterocycles. The topological polar surface area (TPSA) is 42.0 Å². The standard InChI is InChI=1S/C19H21F3N2O/c1-12(19(20,21)22)17-11-14-5-2-3-6-15(14)16(24-17)7-4-10-23-18(25)13-8-9-13/h4,7,11,13H,1-3,5-6,8-10H2,(H,23,25)/b7-4+. The van der Waals surface area contributed by atoms with Crippen molar-refractivity contribution < 1.29 is 18.0 Å². The number of allylic oxidation sites excluding steroid dienone is 1. The van der Waals surface area contributed by atoms with Gasteiger partial charge in [-0.15, -0.1) is 0 Å². The summed E-state index contributed by atoms with van der Waals surface area (Å²) < 4.78 is 38.9. The van der Waals surface area contributed by atoms with Crippen molar-refractivity contribution in [1.29, 1.82) is 0 Å². The maximum atomic E-state index is 13.0. The van der Waals surface area contributed by atoms with Crippen molar-refractivity contribution in [2.45, 2.75) is 44.7 Å². The Hall–Kier alpha value is -2.11. The molecule has 3 nitrogen and oxygen atoms in total. The number of nitrogens with zero attached hydrogens (tertiary/aromatic N) is 1. The number of hydrogen-bond donors (Lipinski definition) is 1. The lowest BCUT2D eigenvalue weighted by molar-refractivity contribution is -0.122. The van der Waals surface area contributed by atoms with Gasteiger partial charge in [0.1, 0.15) is 0 Å². The van der Waals surface area contributed by atoms with Crippen molar-refractivity contribution in [3.8, 4) is 0 Å². The Morgan fingerprint density at radius 2 is 2.04 bits per heavy atom. The van der Waals surface area contributed by atoms with Gasteiger partial charge in [-0.1, -0.05) is 12.7 Å². The Labute approximate surface area is 145 Å². The number of nitrogens with one attached hydrogen (secondary N) is 1. The van der Waals surface area contributed by atoms with Crippen molar-refractivity contribution in [1.82, 2.24) is 10.3 Å². The van der Waals surface area contributed by atoms with Crippen LogP contribution in [0.5, 0.6) is 0 Å². The van der Waals surface area contributed by atoms with Crippen LogP contribution in [0.2, 0.25) is 0 Å². The summed E-state index contributed by atoms with van der Waals surface area (Å²) in [5.74, 6) is 0.177.